The number of rotatable bonds is 10. The molecule has 0 saturated carbocycles. The Kier molecular flexibility index (Phi) is 8.15. The first kappa shape index (κ1) is 26.1. The Labute approximate surface area is 206 Å². The van der Waals surface area contributed by atoms with E-state index in [4.69, 9.17) is 24.7 Å². The van der Waals surface area contributed by atoms with Crippen molar-refractivity contribution in [3.8, 4) is 17.2 Å². The lowest BCUT2D eigenvalue weighted by Crippen LogP contribution is -2.43. The molecule has 36 heavy (non-hydrogen) atoms. The monoisotopic (exact) mass is 497 g/mol. The standard InChI is InChI=1S/C25H27N3O8/c1-27-24(31)21(23(26)28(25(27)32)13-15-8-6-5-7-9-15)17(29)14-36-20(30)12-16-10-18(33-2)22(35-4)19(11-16)34-3/h5-11H,12-14,26H2,1-4H3. The van der Waals surface area contributed by atoms with Crippen LogP contribution in [0.3, 0.4) is 0 Å². The molecular formula is C25H27N3O8. The van der Waals surface area contributed by atoms with Gasteiger partial charge in [0, 0.05) is 7.05 Å². The second kappa shape index (κ2) is 11.3. The number of aromatic nitrogens is 2. The van der Waals surface area contributed by atoms with Crippen molar-refractivity contribution in [1.82, 2.24) is 9.13 Å². The molecule has 190 valence electrons. The van der Waals surface area contributed by atoms with Gasteiger partial charge in [0.2, 0.25) is 11.5 Å². The third-order valence-electron chi connectivity index (χ3n) is 5.48. The van der Waals surface area contributed by atoms with E-state index in [9.17, 15) is 19.2 Å². The number of hydrogen-bond acceptors (Lipinski definition) is 9. The number of carbonyl (C=O) groups is 2. The molecule has 0 radical (unpaired) electrons. The lowest BCUT2D eigenvalue weighted by Gasteiger charge is -2.15. The zero-order valence-electron chi connectivity index (χ0n) is 20.4. The van der Waals surface area contributed by atoms with Crippen molar-refractivity contribution in [3.63, 3.8) is 0 Å². The van der Waals surface area contributed by atoms with E-state index in [1.807, 2.05) is 6.07 Å². The van der Waals surface area contributed by atoms with Crippen LogP contribution in [0.25, 0.3) is 0 Å². The zero-order valence-corrected chi connectivity index (χ0v) is 20.4. The first-order chi connectivity index (χ1) is 17.2. The van der Waals surface area contributed by atoms with Crippen LogP contribution in [0.2, 0.25) is 0 Å². The number of esters is 1. The van der Waals surface area contributed by atoms with E-state index in [0.717, 1.165) is 14.7 Å². The summed E-state index contributed by atoms with van der Waals surface area (Å²) in [7, 11) is 5.60. The predicted octanol–water partition coefficient (Wildman–Crippen LogP) is 1.17. The van der Waals surface area contributed by atoms with Crippen LogP contribution in [0.4, 0.5) is 5.82 Å². The molecule has 0 atom stereocenters. The number of Topliss-reactive ketones (excluding diaryl/α,β-unsaturated/α-hetero) is 1. The van der Waals surface area contributed by atoms with Gasteiger partial charge in [0.05, 0.1) is 34.3 Å². The molecule has 1 aromatic heterocycles. The zero-order chi connectivity index (χ0) is 26.4. The first-order valence-corrected chi connectivity index (χ1v) is 10.8. The third-order valence-corrected chi connectivity index (χ3v) is 5.48. The van der Waals surface area contributed by atoms with Crippen LogP contribution in [0.5, 0.6) is 17.2 Å². The first-order valence-electron chi connectivity index (χ1n) is 10.8. The SMILES string of the molecule is COc1cc(CC(=O)OCC(=O)c2c(N)n(Cc3ccccc3)c(=O)n(C)c2=O)cc(OC)c1OC. The number of nitrogens with zero attached hydrogens (tertiary/aromatic N) is 2. The fraction of sp³-hybridized carbons (Fsp3) is 0.280. The van der Waals surface area contributed by atoms with Gasteiger partial charge in [-0.3, -0.25) is 23.5 Å². The van der Waals surface area contributed by atoms with Gasteiger partial charge in [0.25, 0.3) is 5.56 Å². The molecule has 3 aromatic rings. The molecule has 1 heterocycles. The maximum Gasteiger partial charge on any atom is 0.332 e. The number of hydrogen-bond donors (Lipinski definition) is 1. The van der Waals surface area contributed by atoms with Gasteiger partial charge in [0.15, 0.2) is 18.1 Å². The molecule has 2 N–H and O–H groups in total. The lowest BCUT2D eigenvalue weighted by molar-refractivity contribution is -0.141. The normalized spacial score (nSPS) is 10.6. The van der Waals surface area contributed by atoms with Crippen molar-refractivity contribution in [1.29, 1.82) is 0 Å². The quantitative estimate of drug-likeness (QED) is 0.323. The average Bonchev–Trinajstić information content (AvgIpc) is 2.88. The minimum atomic E-state index is -0.868. The summed E-state index contributed by atoms with van der Waals surface area (Å²) in [5.74, 6) is -0.777. The maximum absolute atomic E-state index is 12.9. The van der Waals surface area contributed by atoms with Crippen molar-refractivity contribution >= 4 is 17.6 Å². The number of nitrogen functional groups attached to an aromatic ring is 1. The average molecular weight is 498 g/mol. The highest BCUT2D eigenvalue weighted by molar-refractivity contribution is 6.01. The molecule has 3 rings (SSSR count). The lowest BCUT2D eigenvalue weighted by atomic mass is 10.1. The Morgan fingerprint density at radius 1 is 0.917 bits per heavy atom. The Bertz CT molecular complexity index is 1370. The molecule has 0 aliphatic carbocycles. The van der Waals surface area contributed by atoms with Gasteiger partial charge in [-0.15, -0.1) is 0 Å². The molecule has 0 spiro atoms. The summed E-state index contributed by atoms with van der Waals surface area (Å²) in [4.78, 5) is 50.6. The number of ketones is 1. The summed E-state index contributed by atoms with van der Waals surface area (Å²) in [6, 6.07) is 12.1. The van der Waals surface area contributed by atoms with Crippen LogP contribution < -0.4 is 31.2 Å². The van der Waals surface area contributed by atoms with Crippen molar-refractivity contribution in [2.24, 2.45) is 7.05 Å². The number of nitrogens with two attached hydrogens (primary N) is 1. The molecule has 0 aliphatic heterocycles. The Hall–Kier alpha value is -4.54. The third kappa shape index (κ3) is 5.40. The summed E-state index contributed by atoms with van der Waals surface area (Å²) in [6.07, 6.45) is -0.203. The number of ether oxygens (including phenoxy) is 4. The Balaban J connectivity index is 1.80. The van der Waals surface area contributed by atoms with Gasteiger partial charge in [0.1, 0.15) is 11.4 Å². The predicted molar refractivity (Wildman–Crippen MR) is 131 cm³/mol. The van der Waals surface area contributed by atoms with Crippen molar-refractivity contribution in [3.05, 3.63) is 80.0 Å². The van der Waals surface area contributed by atoms with E-state index in [0.29, 0.717) is 22.8 Å². The van der Waals surface area contributed by atoms with E-state index in [1.165, 1.54) is 28.4 Å². The highest BCUT2D eigenvalue weighted by Gasteiger charge is 2.23. The van der Waals surface area contributed by atoms with E-state index < -0.39 is 35.2 Å². The fourth-order valence-corrected chi connectivity index (χ4v) is 3.64. The molecular weight excluding hydrogens is 470 g/mol. The molecule has 0 bridgehead atoms. The molecule has 0 amide bonds. The highest BCUT2D eigenvalue weighted by Crippen LogP contribution is 2.38. The minimum Gasteiger partial charge on any atom is -0.493 e. The highest BCUT2D eigenvalue weighted by atomic mass is 16.5. The summed E-state index contributed by atoms with van der Waals surface area (Å²) in [5, 5.41) is 0. The molecule has 0 unspecified atom stereocenters. The molecule has 11 heteroatoms. The van der Waals surface area contributed by atoms with Crippen LogP contribution >= 0.6 is 0 Å². The second-order valence-electron chi connectivity index (χ2n) is 7.77. The fourth-order valence-electron chi connectivity index (χ4n) is 3.64. The number of anilines is 1. The number of carbonyl (C=O) groups excluding carboxylic acids is 2. The van der Waals surface area contributed by atoms with Gasteiger partial charge in [-0.05, 0) is 23.3 Å². The van der Waals surface area contributed by atoms with Crippen LogP contribution in [0.1, 0.15) is 21.5 Å². The van der Waals surface area contributed by atoms with Crippen molar-refractivity contribution < 1.29 is 28.5 Å². The Morgan fingerprint density at radius 2 is 1.53 bits per heavy atom. The molecule has 11 nitrogen and oxygen atoms in total. The second-order valence-corrected chi connectivity index (χ2v) is 7.77. The van der Waals surface area contributed by atoms with E-state index in [2.05, 4.69) is 0 Å². The van der Waals surface area contributed by atoms with Gasteiger partial charge >= 0.3 is 11.7 Å². The van der Waals surface area contributed by atoms with Crippen LogP contribution in [0.15, 0.2) is 52.1 Å². The smallest absolute Gasteiger partial charge is 0.332 e. The summed E-state index contributed by atoms with van der Waals surface area (Å²) >= 11 is 0. The largest absolute Gasteiger partial charge is 0.493 e. The van der Waals surface area contributed by atoms with Gasteiger partial charge in [-0.25, -0.2) is 4.79 Å². The van der Waals surface area contributed by atoms with Crippen LogP contribution in [-0.2, 0) is 29.5 Å². The minimum absolute atomic E-state index is 0.0564. The van der Waals surface area contributed by atoms with Gasteiger partial charge in [-0.1, -0.05) is 30.3 Å². The van der Waals surface area contributed by atoms with Crippen molar-refractivity contribution in [2.75, 3.05) is 33.7 Å². The van der Waals surface area contributed by atoms with Gasteiger partial charge in [-0.2, -0.15) is 0 Å². The van der Waals surface area contributed by atoms with Gasteiger partial charge < -0.3 is 24.7 Å². The summed E-state index contributed by atoms with van der Waals surface area (Å²) in [5.41, 5.74) is 5.36. The number of benzene rings is 2. The Morgan fingerprint density at radius 3 is 2.08 bits per heavy atom. The van der Waals surface area contributed by atoms with Crippen molar-refractivity contribution in [2.45, 2.75) is 13.0 Å². The number of methoxy groups -OCH3 is 3. The van der Waals surface area contributed by atoms with E-state index in [1.54, 1.807) is 36.4 Å². The van der Waals surface area contributed by atoms with E-state index in [-0.39, 0.29) is 18.8 Å². The topological polar surface area (TPSA) is 141 Å². The van der Waals surface area contributed by atoms with Crippen LogP contribution in [-0.4, -0.2) is 48.8 Å². The summed E-state index contributed by atoms with van der Waals surface area (Å²) < 4.78 is 22.8. The molecule has 2 aromatic carbocycles. The summed E-state index contributed by atoms with van der Waals surface area (Å²) in [6.45, 7) is -0.674. The maximum atomic E-state index is 12.9. The molecule has 0 aliphatic rings. The van der Waals surface area contributed by atoms with Crippen LogP contribution in [0, 0.1) is 0 Å². The van der Waals surface area contributed by atoms with E-state index >= 15 is 0 Å². The molecule has 0 saturated heterocycles. The molecule has 0 fully saturated rings.